The molecule has 0 saturated carbocycles. The van der Waals surface area contributed by atoms with Gasteiger partial charge in [-0.1, -0.05) is 29.3 Å². The van der Waals surface area contributed by atoms with Crippen LogP contribution < -0.4 is 15.5 Å². The van der Waals surface area contributed by atoms with Crippen LogP contribution in [0.5, 0.6) is 0 Å². The molecule has 0 unspecified atom stereocenters. The van der Waals surface area contributed by atoms with E-state index in [0.29, 0.717) is 17.3 Å². The second kappa shape index (κ2) is 9.31. The summed E-state index contributed by atoms with van der Waals surface area (Å²) in [5.74, 6) is 0. The summed E-state index contributed by atoms with van der Waals surface area (Å²) in [5, 5.41) is 6.99. The highest BCUT2D eigenvalue weighted by Crippen LogP contribution is 2.22. The number of piperazine rings is 1. The highest BCUT2D eigenvalue weighted by molar-refractivity contribution is 6.33. The zero-order valence-corrected chi connectivity index (χ0v) is 16.9. The van der Waals surface area contributed by atoms with Crippen molar-refractivity contribution in [1.82, 2.24) is 10.2 Å². The molecule has 0 bridgehead atoms. The summed E-state index contributed by atoms with van der Waals surface area (Å²) in [7, 11) is 0. The van der Waals surface area contributed by atoms with Gasteiger partial charge in [-0.3, -0.25) is 4.90 Å². The summed E-state index contributed by atoms with van der Waals surface area (Å²) in [5.41, 5.74) is 2.88. The molecule has 1 fully saturated rings. The van der Waals surface area contributed by atoms with Gasteiger partial charge in [0, 0.05) is 50.0 Å². The Morgan fingerprint density at radius 1 is 1.04 bits per heavy atom. The van der Waals surface area contributed by atoms with E-state index in [1.807, 2.05) is 31.2 Å². The summed E-state index contributed by atoms with van der Waals surface area (Å²) < 4.78 is 0. The van der Waals surface area contributed by atoms with Gasteiger partial charge < -0.3 is 15.5 Å². The predicted molar refractivity (Wildman–Crippen MR) is 113 cm³/mol. The number of rotatable bonds is 5. The second-order valence-corrected chi connectivity index (χ2v) is 7.51. The maximum Gasteiger partial charge on any atom is 0.319 e. The highest BCUT2D eigenvalue weighted by atomic mass is 35.5. The van der Waals surface area contributed by atoms with E-state index in [2.05, 4.69) is 32.6 Å². The number of carbonyl (C=O) groups is 1. The molecule has 1 heterocycles. The Morgan fingerprint density at radius 2 is 1.74 bits per heavy atom. The smallest absolute Gasteiger partial charge is 0.319 e. The third kappa shape index (κ3) is 5.76. The Morgan fingerprint density at radius 3 is 2.44 bits per heavy atom. The molecule has 0 spiro atoms. The predicted octanol–water partition coefficient (Wildman–Crippen LogP) is 4.25. The zero-order valence-electron chi connectivity index (χ0n) is 15.3. The lowest BCUT2D eigenvalue weighted by atomic mass is 10.2. The van der Waals surface area contributed by atoms with E-state index >= 15 is 0 Å². The molecule has 0 aliphatic carbocycles. The van der Waals surface area contributed by atoms with Crippen LogP contribution >= 0.6 is 23.2 Å². The highest BCUT2D eigenvalue weighted by Gasteiger charge is 2.17. The number of nitrogens with one attached hydrogen (secondary N) is 2. The first kappa shape index (κ1) is 19.8. The van der Waals surface area contributed by atoms with Gasteiger partial charge in [-0.05, 0) is 48.9 Å². The van der Waals surface area contributed by atoms with Crippen LogP contribution in [0.25, 0.3) is 0 Å². The quantitative estimate of drug-likeness (QED) is 0.779. The van der Waals surface area contributed by atoms with Crippen molar-refractivity contribution >= 4 is 40.6 Å². The first-order valence-electron chi connectivity index (χ1n) is 9.05. The monoisotopic (exact) mass is 406 g/mol. The van der Waals surface area contributed by atoms with Crippen molar-refractivity contribution < 1.29 is 4.79 Å². The number of nitrogens with zero attached hydrogens (tertiary/aromatic N) is 2. The third-order valence-corrected chi connectivity index (χ3v) is 5.23. The summed E-state index contributed by atoms with van der Waals surface area (Å²) >= 11 is 12.1. The first-order chi connectivity index (χ1) is 13.0. The molecule has 2 N–H and O–H groups in total. The van der Waals surface area contributed by atoms with Crippen molar-refractivity contribution in [2.24, 2.45) is 0 Å². The number of benzene rings is 2. The summed E-state index contributed by atoms with van der Waals surface area (Å²) in [6.07, 6.45) is 0. The lowest BCUT2D eigenvalue weighted by Gasteiger charge is -2.36. The van der Waals surface area contributed by atoms with Crippen LogP contribution in [0.1, 0.15) is 5.56 Å². The summed E-state index contributed by atoms with van der Waals surface area (Å²) in [6.45, 7) is 7.24. The first-order valence-corrected chi connectivity index (χ1v) is 9.81. The summed E-state index contributed by atoms with van der Waals surface area (Å²) in [6, 6.07) is 13.3. The van der Waals surface area contributed by atoms with Crippen LogP contribution in [0.15, 0.2) is 42.5 Å². The molecule has 1 saturated heterocycles. The maximum atomic E-state index is 12.1. The molecule has 2 aromatic rings. The van der Waals surface area contributed by atoms with Gasteiger partial charge in [0.1, 0.15) is 0 Å². The van der Waals surface area contributed by atoms with Gasteiger partial charge in [-0.25, -0.2) is 4.79 Å². The lowest BCUT2D eigenvalue weighted by Crippen LogP contribution is -2.48. The molecule has 0 atom stereocenters. The molecule has 2 aromatic carbocycles. The molecule has 1 aliphatic rings. The number of amides is 2. The van der Waals surface area contributed by atoms with Gasteiger partial charge in [0.15, 0.2) is 0 Å². The van der Waals surface area contributed by atoms with E-state index in [-0.39, 0.29) is 6.03 Å². The minimum Gasteiger partial charge on any atom is -0.369 e. The molecule has 5 nitrogen and oxygen atoms in total. The number of carbonyl (C=O) groups excluding carboxylic acids is 1. The van der Waals surface area contributed by atoms with Gasteiger partial charge in [-0.15, -0.1) is 0 Å². The van der Waals surface area contributed by atoms with Crippen molar-refractivity contribution in [1.29, 1.82) is 0 Å². The number of anilines is 2. The van der Waals surface area contributed by atoms with Crippen molar-refractivity contribution in [3.63, 3.8) is 0 Å². The fourth-order valence-corrected chi connectivity index (χ4v) is 3.40. The topological polar surface area (TPSA) is 47.6 Å². The molecule has 3 rings (SSSR count). The molecule has 144 valence electrons. The molecule has 27 heavy (non-hydrogen) atoms. The fourth-order valence-electron chi connectivity index (χ4n) is 3.11. The minimum atomic E-state index is -0.234. The molecule has 2 amide bonds. The number of hydrogen-bond acceptors (Lipinski definition) is 3. The van der Waals surface area contributed by atoms with Gasteiger partial charge in [-0.2, -0.15) is 0 Å². The van der Waals surface area contributed by atoms with Crippen molar-refractivity contribution in [3.8, 4) is 0 Å². The third-order valence-electron chi connectivity index (χ3n) is 4.65. The number of hydrogen-bond donors (Lipinski definition) is 2. The van der Waals surface area contributed by atoms with Gasteiger partial charge >= 0.3 is 6.03 Å². The Bertz CT molecular complexity index is 774. The summed E-state index contributed by atoms with van der Waals surface area (Å²) in [4.78, 5) is 16.8. The van der Waals surface area contributed by atoms with Crippen LogP contribution in [0.2, 0.25) is 10.0 Å². The van der Waals surface area contributed by atoms with Gasteiger partial charge in [0.2, 0.25) is 0 Å². The average molecular weight is 407 g/mol. The lowest BCUT2D eigenvalue weighted by molar-refractivity contribution is 0.240. The Hall–Kier alpha value is -1.95. The molecular formula is C20H24Cl2N4O. The minimum absolute atomic E-state index is 0.234. The second-order valence-electron chi connectivity index (χ2n) is 6.67. The van der Waals surface area contributed by atoms with E-state index in [1.54, 1.807) is 6.07 Å². The number of halogens is 2. The van der Waals surface area contributed by atoms with Crippen LogP contribution in [0.3, 0.4) is 0 Å². The van der Waals surface area contributed by atoms with E-state index in [4.69, 9.17) is 23.2 Å². The molecular weight excluding hydrogens is 383 g/mol. The fraction of sp³-hybridized carbons (Fsp3) is 0.350. The standard InChI is InChI=1S/C20H24Cl2N4O/c1-15-2-7-18(22)19(14-15)24-20(27)23-8-9-25-10-12-26(13-11-25)17-5-3-16(21)4-6-17/h2-7,14H,8-13H2,1H3,(H2,23,24,27). The van der Waals surface area contributed by atoms with Crippen LogP contribution in [-0.2, 0) is 0 Å². The molecule has 0 aromatic heterocycles. The molecule has 1 aliphatic heterocycles. The van der Waals surface area contributed by atoms with Crippen molar-refractivity contribution in [2.75, 3.05) is 49.5 Å². The van der Waals surface area contributed by atoms with E-state index < -0.39 is 0 Å². The van der Waals surface area contributed by atoms with Gasteiger partial charge in [0.05, 0.1) is 10.7 Å². The van der Waals surface area contributed by atoms with Crippen LogP contribution in [-0.4, -0.2) is 50.2 Å². The zero-order chi connectivity index (χ0) is 19.2. The van der Waals surface area contributed by atoms with Crippen molar-refractivity contribution in [2.45, 2.75) is 6.92 Å². The van der Waals surface area contributed by atoms with Crippen LogP contribution in [0, 0.1) is 6.92 Å². The Balaban J connectivity index is 1.38. The normalized spacial score (nSPS) is 14.9. The van der Waals surface area contributed by atoms with E-state index in [1.165, 1.54) is 5.69 Å². The van der Waals surface area contributed by atoms with Gasteiger partial charge in [0.25, 0.3) is 0 Å². The van der Waals surface area contributed by atoms with E-state index in [0.717, 1.165) is 43.3 Å². The molecule has 0 radical (unpaired) electrons. The SMILES string of the molecule is Cc1ccc(Cl)c(NC(=O)NCCN2CCN(c3ccc(Cl)cc3)CC2)c1. The Labute approximate surface area is 170 Å². The van der Waals surface area contributed by atoms with Crippen LogP contribution in [0.4, 0.5) is 16.2 Å². The van der Waals surface area contributed by atoms with E-state index in [9.17, 15) is 4.79 Å². The number of aryl methyl sites for hydroxylation is 1. The average Bonchev–Trinajstić information content (AvgIpc) is 2.66. The maximum absolute atomic E-state index is 12.1. The Kier molecular flexibility index (Phi) is 6.83. The molecule has 7 heteroatoms. The van der Waals surface area contributed by atoms with Crippen molar-refractivity contribution in [3.05, 3.63) is 58.1 Å². The number of urea groups is 1. The largest absolute Gasteiger partial charge is 0.369 e.